The molecule has 0 saturated heterocycles. The first kappa shape index (κ1) is 19.4. The molecule has 0 spiro atoms. The van der Waals surface area contributed by atoms with Gasteiger partial charge in [-0.05, 0) is 37.3 Å². The van der Waals surface area contributed by atoms with Crippen molar-refractivity contribution in [1.29, 1.82) is 0 Å². The summed E-state index contributed by atoms with van der Waals surface area (Å²) in [5.74, 6) is -0.723. The van der Waals surface area contributed by atoms with Crippen LogP contribution in [0.1, 0.15) is 6.92 Å². The second-order valence-corrected chi connectivity index (χ2v) is 9.03. The normalized spacial score (nSPS) is 12.8. The van der Waals surface area contributed by atoms with Crippen molar-refractivity contribution < 1.29 is 17.6 Å². The monoisotopic (exact) mass is 382 g/mol. The number of nitrogens with one attached hydrogen (secondary N) is 1. The molecule has 134 valence electrons. The molecule has 2 aromatic carbocycles. The number of hydrogen-bond acceptors (Lipinski definition) is 4. The summed E-state index contributed by atoms with van der Waals surface area (Å²) in [5, 5.41) is 2.12. The van der Waals surface area contributed by atoms with Crippen molar-refractivity contribution in [3.8, 4) is 0 Å². The smallest absolute Gasteiger partial charge is 0.242 e. The van der Waals surface area contributed by atoms with Crippen LogP contribution in [0.3, 0.4) is 0 Å². The average Bonchev–Trinajstić information content (AvgIpc) is 2.57. The number of halogens is 1. The summed E-state index contributed by atoms with van der Waals surface area (Å²) in [6.45, 7) is 1.66. The molecule has 0 saturated carbocycles. The molecule has 8 heteroatoms. The number of hydrogen-bond donors (Lipinski definition) is 1. The maximum atomic E-state index is 13.7. The number of carbonyl (C=O) groups excluding carboxylic acids is 1. The van der Waals surface area contributed by atoms with Gasteiger partial charge in [-0.2, -0.15) is 0 Å². The van der Waals surface area contributed by atoms with Gasteiger partial charge in [0.05, 0.1) is 10.1 Å². The van der Waals surface area contributed by atoms with Gasteiger partial charge in [0.25, 0.3) is 0 Å². The summed E-state index contributed by atoms with van der Waals surface area (Å²) in [5.41, 5.74) is 0.369. The van der Waals surface area contributed by atoms with Gasteiger partial charge in [-0.25, -0.2) is 17.1 Å². The predicted octanol–water partition coefficient (Wildman–Crippen LogP) is 3.20. The molecule has 0 aromatic heterocycles. The van der Waals surface area contributed by atoms with Crippen LogP contribution in [0.5, 0.6) is 0 Å². The fraction of sp³-hybridized carbons (Fsp3) is 0.235. The van der Waals surface area contributed by atoms with Crippen molar-refractivity contribution in [2.24, 2.45) is 0 Å². The Morgan fingerprint density at radius 1 is 1.16 bits per heavy atom. The van der Waals surface area contributed by atoms with E-state index < -0.39 is 15.3 Å². The molecule has 0 radical (unpaired) electrons. The van der Waals surface area contributed by atoms with Crippen molar-refractivity contribution in [1.82, 2.24) is 4.31 Å². The third-order valence-corrected chi connectivity index (χ3v) is 6.35. The molecule has 2 rings (SSSR count). The Bertz CT molecular complexity index is 870. The van der Waals surface area contributed by atoms with Gasteiger partial charge in [-0.1, -0.05) is 18.2 Å². The van der Waals surface area contributed by atoms with Crippen LogP contribution in [-0.4, -0.2) is 38.0 Å². The standard InChI is InChI=1S/C17H19FN2O3S2/c1-12(24-16-10-5-4-9-15(16)18)17(21)19-13-7-6-8-14(11-13)25(22,23)20(2)3/h4-12H,1-3H3,(H,19,21)/t12-/m1/s1. The van der Waals surface area contributed by atoms with E-state index in [1.54, 1.807) is 37.3 Å². The molecule has 0 fully saturated rings. The third kappa shape index (κ3) is 4.81. The van der Waals surface area contributed by atoms with E-state index in [0.717, 1.165) is 16.1 Å². The highest BCUT2D eigenvalue weighted by Gasteiger charge is 2.19. The van der Waals surface area contributed by atoms with Gasteiger partial charge in [0.15, 0.2) is 0 Å². The predicted molar refractivity (Wildman–Crippen MR) is 97.7 cm³/mol. The van der Waals surface area contributed by atoms with Gasteiger partial charge < -0.3 is 5.32 Å². The lowest BCUT2D eigenvalue weighted by atomic mass is 10.3. The van der Waals surface area contributed by atoms with Gasteiger partial charge in [0.1, 0.15) is 5.82 Å². The highest BCUT2D eigenvalue weighted by molar-refractivity contribution is 8.00. The number of thioether (sulfide) groups is 1. The van der Waals surface area contributed by atoms with Crippen LogP contribution >= 0.6 is 11.8 Å². The van der Waals surface area contributed by atoms with E-state index in [4.69, 9.17) is 0 Å². The topological polar surface area (TPSA) is 66.5 Å². The van der Waals surface area contributed by atoms with E-state index in [1.807, 2.05) is 0 Å². The van der Waals surface area contributed by atoms with Crippen LogP contribution in [0.25, 0.3) is 0 Å². The molecule has 2 aromatic rings. The zero-order chi connectivity index (χ0) is 18.6. The second-order valence-electron chi connectivity index (χ2n) is 5.50. The first-order chi connectivity index (χ1) is 11.7. The number of nitrogens with zero attached hydrogens (tertiary/aromatic N) is 1. The number of benzene rings is 2. The SMILES string of the molecule is C[C@@H](Sc1ccccc1F)C(=O)Nc1cccc(S(=O)(=O)N(C)C)c1. The molecule has 25 heavy (non-hydrogen) atoms. The first-order valence-corrected chi connectivity index (χ1v) is 9.78. The van der Waals surface area contributed by atoms with Crippen molar-refractivity contribution in [2.75, 3.05) is 19.4 Å². The Morgan fingerprint density at radius 2 is 1.84 bits per heavy atom. The largest absolute Gasteiger partial charge is 0.325 e. The van der Waals surface area contributed by atoms with Gasteiger partial charge in [-0.3, -0.25) is 4.79 Å². The minimum absolute atomic E-state index is 0.0877. The molecule has 0 unspecified atom stereocenters. The van der Waals surface area contributed by atoms with Crippen molar-refractivity contribution in [2.45, 2.75) is 22.0 Å². The Balaban J connectivity index is 2.12. The molecule has 0 aliphatic rings. The summed E-state index contributed by atoms with van der Waals surface area (Å²) < 4.78 is 39.1. The zero-order valence-electron chi connectivity index (χ0n) is 14.1. The molecule has 5 nitrogen and oxygen atoms in total. The van der Waals surface area contributed by atoms with Crippen LogP contribution in [-0.2, 0) is 14.8 Å². The van der Waals surface area contributed by atoms with Gasteiger partial charge in [-0.15, -0.1) is 11.8 Å². The van der Waals surface area contributed by atoms with E-state index in [1.165, 1.54) is 32.3 Å². The minimum Gasteiger partial charge on any atom is -0.325 e. The lowest BCUT2D eigenvalue weighted by molar-refractivity contribution is -0.115. The lowest BCUT2D eigenvalue weighted by Crippen LogP contribution is -2.24. The molecule has 1 N–H and O–H groups in total. The number of sulfonamides is 1. The number of rotatable bonds is 6. The fourth-order valence-corrected chi connectivity index (χ4v) is 3.81. The van der Waals surface area contributed by atoms with Crippen molar-refractivity contribution in [3.63, 3.8) is 0 Å². The highest BCUT2D eigenvalue weighted by Crippen LogP contribution is 2.27. The summed E-state index contributed by atoms with van der Waals surface area (Å²) >= 11 is 1.10. The minimum atomic E-state index is -3.58. The highest BCUT2D eigenvalue weighted by atomic mass is 32.2. The molecule has 0 aliphatic carbocycles. The summed E-state index contributed by atoms with van der Waals surface area (Å²) in [6, 6.07) is 12.2. The van der Waals surface area contributed by atoms with E-state index in [-0.39, 0.29) is 16.6 Å². The quantitative estimate of drug-likeness (QED) is 0.779. The van der Waals surface area contributed by atoms with E-state index >= 15 is 0 Å². The number of carbonyl (C=O) groups is 1. The van der Waals surface area contributed by atoms with Crippen LogP contribution in [0, 0.1) is 5.82 Å². The summed E-state index contributed by atoms with van der Waals surface area (Å²) in [4.78, 5) is 12.8. The number of anilines is 1. The van der Waals surface area contributed by atoms with Gasteiger partial charge in [0.2, 0.25) is 15.9 Å². The molecule has 1 atom stereocenters. The number of amides is 1. The summed E-state index contributed by atoms with van der Waals surface area (Å²) in [6.07, 6.45) is 0. The third-order valence-electron chi connectivity index (χ3n) is 3.39. The molecule has 0 bridgehead atoms. The fourth-order valence-electron chi connectivity index (χ4n) is 1.97. The average molecular weight is 382 g/mol. The Labute approximate surface area is 151 Å². The Hall–Kier alpha value is -1.90. The maximum Gasteiger partial charge on any atom is 0.242 e. The lowest BCUT2D eigenvalue weighted by Gasteiger charge is -2.14. The van der Waals surface area contributed by atoms with Crippen LogP contribution in [0.4, 0.5) is 10.1 Å². The van der Waals surface area contributed by atoms with Gasteiger partial charge >= 0.3 is 0 Å². The molecular weight excluding hydrogens is 363 g/mol. The first-order valence-electron chi connectivity index (χ1n) is 7.46. The van der Waals surface area contributed by atoms with E-state index in [2.05, 4.69) is 5.32 Å². The van der Waals surface area contributed by atoms with Gasteiger partial charge in [0, 0.05) is 24.7 Å². The van der Waals surface area contributed by atoms with E-state index in [0.29, 0.717) is 10.6 Å². The maximum absolute atomic E-state index is 13.7. The van der Waals surface area contributed by atoms with Crippen LogP contribution in [0.15, 0.2) is 58.3 Å². The Kier molecular flexibility index (Phi) is 6.21. The second kappa shape index (κ2) is 7.99. The zero-order valence-corrected chi connectivity index (χ0v) is 15.7. The molecule has 0 aliphatic heterocycles. The van der Waals surface area contributed by atoms with Crippen LogP contribution in [0.2, 0.25) is 0 Å². The van der Waals surface area contributed by atoms with Crippen molar-refractivity contribution >= 4 is 33.4 Å². The Morgan fingerprint density at radius 3 is 2.48 bits per heavy atom. The molecular formula is C17H19FN2O3S2. The summed E-state index contributed by atoms with van der Waals surface area (Å²) in [7, 11) is -0.706. The van der Waals surface area contributed by atoms with Crippen molar-refractivity contribution in [3.05, 3.63) is 54.3 Å². The molecule has 0 heterocycles. The van der Waals surface area contributed by atoms with E-state index in [9.17, 15) is 17.6 Å². The molecule has 1 amide bonds. The van der Waals surface area contributed by atoms with Crippen LogP contribution < -0.4 is 5.32 Å².